The first-order valence-electron chi connectivity index (χ1n) is 9.49. The van der Waals surface area contributed by atoms with Crippen molar-refractivity contribution in [2.75, 3.05) is 26.2 Å². The number of nitrogens with zero attached hydrogens (tertiary/aromatic N) is 2. The van der Waals surface area contributed by atoms with E-state index in [4.69, 9.17) is 0 Å². The van der Waals surface area contributed by atoms with Gasteiger partial charge in [0.15, 0.2) is 0 Å². The molecule has 0 saturated carbocycles. The molecule has 2 fully saturated rings. The van der Waals surface area contributed by atoms with Crippen molar-refractivity contribution in [1.29, 1.82) is 0 Å². The first kappa shape index (κ1) is 20.4. The van der Waals surface area contributed by atoms with Crippen LogP contribution in [0.5, 0.6) is 0 Å². The van der Waals surface area contributed by atoms with E-state index in [9.17, 15) is 22.8 Å². The molecule has 9 heteroatoms. The van der Waals surface area contributed by atoms with Gasteiger partial charge >= 0.3 is 12.2 Å². The zero-order chi connectivity index (χ0) is 20.1. The van der Waals surface area contributed by atoms with E-state index in [0.717, 1.165) is 30.8 Å². The van der Waals surface area contributed by atoms with Crippen LogP contribution < -0.4 is 10.6 Å². The molecule has 1 aromatic rings. The molecule has 0 aliphatic carbocycles. The lowest BCUT2D eigenvalue weighted by Gasteiger charge is -2.33. The minimum absolute atomic E-state index is 0.00241. The fourth-order valence-corrected chi connectivity index (χ4v) is 3.79. The molecule has 3 rings (SSSR count). The predicted molar refractivity (Wildman–Crippen MR) is 97.4 cm³/mol. The van der Waals surface area contributed by atoms with Gasteiger partial charge in [-0.15, -0.1) is 0 Å². The van der Waals surface area contributed by atoms with Crippen molar-refractivity contribution >= 4 is 11.9 Å². The summed E-state index contributed by atoms with van der Waals surface area (Å²) in [6.45, 7) is 1.16. The Balaban J connectivity index is 1.45. The predicted octanol–water partition coefficient (Wildman–Crippen LogP) is 2.11. The molecule has 3 amide bonds. The third-order valence-electron chi connectivity index (χ3n) is 5.06. The van der Waals surface area contributed by atoms with Crippen molar-refractivity contribution < 1.29 is 22.8 Å². The summed E-state index contributed by atoms with van der Waals surface area (Å²) in [4.78, 5) is 27.3. The molecule has 2 saturated heterocycles. The van der Waals surface area contributed by atoms with Crippen molar-refractivity contribution in [2.45, 2.75) is 44.1 Å². The highest BCUT2D eigenvalue weighted by Crippen LogP contribution is 2.21. The van der Waals surface area contributed by atoms with E-state index in [1.165, 1.54) is 5.56 Å². The molecule has 0 aromatic heterocycles. The molecular weight excluding hydrogens is 373 g/mol. The Bertz CT molecular complexity index is 684. The van der Waals surface area contributed by atoms with Gasteiger partial charge in [0.2, 0.25) is 5.91 Å². The van der Waals surface area contributed by atoms with Crippen LogP contribution in [0.2, 0.25) is 0 Å². The standard InChI is InChI=1S/C19H25F3N4O2/c20-19(21,22)13-26-10-8-16(17(26)27)24-18(28)23-15-7-4-9-25(12-15)11-14-5-2-1-3-6-14/h1-3,5-6,15-16H,4,7-13H2,(H2,23,24,28). The highest BCUT2D eigenvalue weighted by atomic mass is 19.4. The van der Waals surface area contributed by atoms with E-state index in [1.54, 1.807) is 0 Å². The summed E-state index contributed by atoms with van der Waals surface area (Å²) < 4.78 is 37.4. The number of likely N-dealkylation sites (tertiary alicyclic amines) is 2. The van der Waals surface area contributed by atoms with Crippen LogP contribution in [-0.4, -0.2) is 66.2 Å². The fourth-order valence-electron chi connectivity index (χ4n) is 3.79. The number of benzene rings is 1. The number of halogens is 3. The molecule has 0 spiro atoms. The molecule has 2 aliphatic rings. The second kappa shape index (κ2) is 8.81. The van der Waals surface area contributed by atoms with Crippen LogP contribution in [0.1, 0.15) is 24.8 Å². The lowest BCUT2D eigenvalue weighted by molar-refractivity contribution is -0.157. The van der Waals surface area contributed by atoms with Crippen LogP contribution in [0.3, 0.4) is 0 Å². The highest BCUT2D eigenvalue weighted by molar-refractivity contribution is 5.88. The second-order valence-electron chi connectivity index (χ2n) is 7.39. The topological polar surface area (TPSA) is 64.7 Å². The molecule has 1 aromatic carbocycles. The average molecular weight is 398 g/mol. The molecule has 2 atom stereocenters. The van der Waals surface area contributed by atoms with Gasteiger partial charge in [-0.1, -0.05) is 30.3 Å². The lowest BCUT2D eigenvalue weighted by atomic mass is 10.0. The molecular formula is C19H25F3N4O2. The number of amides is 3. The van der Waals surface area contributed by atoms with Crippen LogP contribution in [-0.2, 0) is 11.3 Å². The average Bonchev–Trinajstić information content (AvgIpc) is 2.94. The quantitative estimate of drug-likeness (QED) is 0.799. The van der Waals surface area contributed by atoms with Gasteiger partial charge in [0.1, 0.15) is 12.6 Å². The number of nitrogens with one attached hydrogen (secondary N) is 2. The SMILES string of the molecule is O=C(NC1CCCN(Cc2ccccc2)C1)NC1CCN(CC(F)(F)F)C1=O. The van der Waals surface area contributed by atoms with Crippen molar-refractivity contribution in [3.8, 4) is 0 Å². The van der Waals surface area contributed by atoms with E-state index in [1.807, 2.05) is 18.2 Å². The van der Waals surface area contributed by atoms with Crippen LogP contribution in [0, 0.1) is 0 Å². The maximum absolute atomic E-state index is 12.5. The molecule has 154 valence electrons. The van der Waals surface area contributed by atoms with Gasteiger partial charge in [-0.2, -0.15) is 13.2 Å². The molecule has 0 bridgehead atoms. The van der Waals surface area contributed by atoms with Crippen molar-refractivity contribution in [3.05, 3.63) is 35.9 Å². The summed E-state index contributed by atoms with van der Waals surface area (Å²) in [5.74, 6) is -0.679. The van der Waals surface area contributed by atoms with Crippen molar-refractivity contribution in [1.82, 2.24) is 20.4 Å². The lowest BCUT2D eigenvalue weighted by Crippen LogP contribution is -2.53. The summed E-state index contributed by atoms with van der Waals surface area (Å²) in [7, 11) is 0. The number of piperidine rings is 1. The van der Waals surface area contributed by atoms with Gasteiger partial charge in [0.25, 0.3) is 0 Å². The summed E-state index contributed by atoms with van der Waals surface area (Å²) in [6, 6.07) is 8.61. The van der Waals surface area contributed by atoms with Crippen LogP contribution in [0.25, 0.3) is 0 Å². The Morgan fingerprint density at radius 3 is 2.57 bits per heavy atom. The smallest absolute Gasteiger partial charge is 0.334 e. The Morgan fingerprint density at radius 1 is 1.11 bits per heavy atom. The number of rotatable bonds is 5. The molecule has 2 N–H and O–H groups in total. The van der Waals surface area contributed by atoms with Crippen LogP contribution in [0.4, 0.5) is 18.0 Å². The van der Waals surface area contributed by atoms with Gasteiger partial charge < -0.3 is 15.5 Å². The van der Waals surface area contributed by atoms with Gasteiger partial charge in [0.05, 0.1) is 0 Å². The second-order valence-corrected chi connectivity index (χ2v) is 7.39. The number of alkyl halides is 3. The summed E-state index contributed by atoms with van der Waals surface area (Å²) in [5.41, 5.74) is 1.20. The fraction of sp³-hybridized carbons (Fsp3) is 0.579. The summed E-state index contributed by atoms with van der Waals surface area (Å²) in [5, 5.41) is 5.39. The normalized spacial score (nSPS) is 23.7. The zero-order valence-corrected chi connectivity index (χ0v) is 15.5. The number of hydrogen-bond donors (Lipinski definition) is 2. The Labute approximate surface area is 162 Å². The zero-order valence-electron chi connectivity index (χ0n) is 15.5. The molecule has 28 heavy (non-hydrogen) atoms. The van der Waals surface area contributed by atoms with Crippen LogP contribution in [0.15, 0.2) is 30.3 Å². The van der Waals surface area contributed by atoms with E-state index >= 15 is 0 Å². The third-order valence-corrected chi connectivity index (χ3v) is 5.06. The first-order valence-corrected chi connectivity index (χ1v) is 9.49. The monoisotopic (exact) mass is 398 g/mol. The largest absolute Gasteiger partial charge is 0.406 e. The number of hydrogen-bond acceptors (Lipinski definition) is 3. The molecule has 0 radical (unpaired) electrons. The Morgan fingerprint density at radius 2 is 1.86 bits per heavy atom. The Kier molecular flexibility index (Phi) is 6.43. The van der Waals surface area contributed by atoms with Crippen LogP contribution >= 0.6 is 0 Å². The molecule has 2 heterocycles. The van der Waals surface area contributed by atoms with Gasteiger partial charge in [-0.25, -0.2) is 4.79 Å². The maximum atomic E-state index is 12.5. The maximum Gasteiger partial charge on any atom is 0.406 e. The van der Waals surface area contributed by atoms with Gasteiger partial charge in [-0.05, 0) is 31.4 Å². The number of carbonyl (C=O) groups is 2. The Hall–Kier alpha value is -2.29. The third kappa shape index (κ3) is 5.85. The van der Waals surface area contributed by atoms with E-state index in [0.29, 0.717) is 6.54 Å². The van der Waals surface area contributed by atoms with E-state index in [-0.39, 0.29) is 19.0 Å². The summed E-state index contributed by atoms with van der Waals surface area (Å²) in [6.07, 6.45) is -2.47. The number of urea groups is 1. The molecule has 2 aliphatic heterocycles. The van der Waals surface area contributed by atoms with E-state index in [2.05, 4.69) is 27.7 Å². The minimum Gasteiger partial charge on any atom is -0.334 e. The van der Waals surface area contributed by atoms with E-state index < -0.39 is 30.7 Å². The molecule has 6 nitrogen and oxygen atoms in total. The van der Waals surface area contributed by atoms with Gasteiger partial charge in [0, 0.05) is 25.7 Å². The highest BCUT2D eigenvalue weighted by Gasteiger charge is 2.40. The summed E-state index contributed by atoms with van der Waals surface area (Å²) >= 11 is 0. The number of carbonyl (C=O) groups excluding carboxylic acids is 2. The van der Waals surface area contributed by atoms with Gasteiger partial charge in [-0.3, -0.25) is 9.69 Å². The first-order chi connectivity index (χ1) is 13.3. The molecule has 2 unspecified atom stereocenters. The minimum atomic E-state index is -4.43. The van der Waals surface area contributed by atoms with Crippen molar-refractivity contribution in [2.24, 2.45) is 0 Å². The van der Waals surface area contributed by atoms with Crippen molar-refractivity contribution in [3.63, 3.8) is 0 Å².